The summed E-state index contributed by atoms with van der Waals surface area (Å²) in [6.45, 7) is 3.17. The van der Waals surface area contributed by atoms with Gasteiger partial charge in [0.2, 0.25) is 0 Å². The Kier molecular flexibility index (Phi) is 6.87. The van der Waals surface area contributed by atoms with Gasteiger partial charge in [-0.15, -0.1) is 0 Å². The van der Waals surface area contributed by atoms with Crippen LogP contribution >= 0.6 is 0 Å². The van der Waals surface area contributed by atoms with Gasteiger partial charge in [0.25, 0.3) is 5.91 Å². The van der Waals surface area contributed by atoms with Crippen LogP contribution in [0.1, 0.15) is 66.8 Å². The molecular formula is C21H29N3O3. The van der Waals surface area contributed by atoms with Gasteiger partial charge in [-0.3, -0.25) is 10.0 Å². The van der Waals surface area contributed by atoms with Crippen molar-refractivity contribution in [1.82, 2.24) is 10.6 Å². The molecule has 1 aromatic heterocycles. The van der Waals surface area contributed by atoms with Gasteiger partial charge in [-0.05, 0) is 50.3 Å². The Morgan fingerprint density at radius 1 is 1.26 bits per heavy atom. The zero-order chi connectivity index (χ0) is 19.1. The number of hydroxylamine groups is 1. The Morgan fingerprint density at radius 2 is 2.07 bits per heavy atom. The van der Waals surface area contributed by atoms with Gasteiger partial charge in [0.15, 0.2) is 5.69 Å². The van der Waals surface area contributed by atoms with Crippen molar-refractivity contribution in [2.45, 2.75) is 64.3 Å². The maximum absolute atomic E-state index is 11.3. The summed E-state index contributed by atoms with van der Waals surface area (Å²) in [6, 6.07) is 11.0. The van der Waals surface area contributed by atoms with Crippen LogP contribution in [0.4, 0.5) is 5.69 Å². The summed E-state index contributed by atoms with van der Waals surface area (Å²) in [5.41, 5.74) is 4.29. The summed E-state index contributed by atoms with van der Waals surface area (Å²) in [6.07, 6.45) is 9.29. The first-order valence-electron chi connectivity index (χ1n) is 9.90. The summed E-state index contributed by atoms with van der Waals surface area (Å²) in [4.78, 5) is 13.9. The Labute approximate surface area is 160 Å². The normalized spacial score (nSPS) is 14.9. The quantitative estimate of drug-likeness (QED) is 0.412. The number of aryl methyl sites for hydroxylation is 2. The highest BCUT2D eigenvalue weighted by Gasteiger charge is 2.21. The zero-order valence-electron chi connectivity index (χ0n) is 16.0. The van der Waals surface area contributed by atoms with E-state index in [9.17, 15) is 4.79 Å². The summed E-state index contributed by atoms with van der Waals surface area (Å²) in [7, 11) is 0. The minimum absolute atomic E-state index is 0.107. The van der Waals surface area contributed by atoms with Gasteiger partial charge in [0, 0.05) is 30.8 Å². The first kappa shape index (κ1) is 19.4. The van der Waals surface area contributed by atoms with Crippen LogP contribution in [0.2, 0.25) is 0 Å². The molecule has 1 aromatic carbocycles. The number of benzene rings is 1. The molecule has 146 valence electrons. The number of anilines is 1. The van der Waals surface area contributed by atoms with Crippen LogP contribution in [0.5, 0.6) is 0 Å². The number of hydrogen-bond acceptors (Lipinski definition) is 5. The lowest BCUT2D eigenvalue weighted by Crippen LogP contribution is -2.37. The fraction of sp³-hybridized carbons (Fsp3) is 0.524. The Morgan fingerprint density at radius 3 is 2.81 bits per heavy atom. The van der Waals surface area contributed by atoms with Crippen LogP contribution in [0, 0.1) is 6.92 Å². The molecule has 6 heteroatoms. The van der Waals surface area contributed by atoms with E-state index in [-0.39, 0.29) is 5.69 Å². The predicted molar refractivity (Wildman–Crippen MR) is 104 cm³/mol. The van der Waals surface area contributed by atoms with Crippen LogP contribution in [0.25, 0.3) is 0 Å². The van der Waals surface area contributed by atoms with Gasteiger partial charge in [0.1, 0.15) is 5.76 Å². The van der Waals surface area contributed by atoms with Crippen molar-refractivity contribution in [1.29, 1.82) is 0 Å². The van der Waals surface area contributed by atoms with E-state index in [1.54, 1.807) is 11.5 Å². The third kappa shape index (κ3) is 5.32. The Bertz CT molecular complexity index is 738. The maximum atomic E-state index is 11.3. The molecule has 2 N–H and O–H groups in total. The lowest BCUT2D eigenvalue weighted by atomic mass is 9.93. The van der Waals surface area contributed by atoms with E-state index in [1.807, 2.05) is 0 Å². The van der Waals surface area contributed by atoms with Crippen LogP contribution in [-0.2, 0) is 6.42 Å². The van der Waals surface area contributed by atoms with E-state index in [0.29, 0.717) is 11.8 Å². The summed E-state index contributed by atoms with van der Waals surface area (Å²) < 4.78 is 5.18. The molecule has 0 radical (unpaired) electrons. The second-order valence-electron chi connectivity index (χ2n) is 7.40. The number of rotatable bonds is 8. The number of nitrogens with zero attached hydrogens (tertiary/aromatic N) is 2. The van der Waals surface area contributed by atoms with E-state index in [4.69, 9.17) is 9.73 Å². The second kappa shape index (κ2) is 9.55. The van der Waals surface area contributed by atoms with Crippen molar-refractivity contribution in [3.63, 3.8) is 0 Å². The number of unbranched alkanes of at least 4 members (excludes halogenated alkanes) is 1. The molecule has 1 heterocycles. The highest BCUT2D eigenvalue weighted by Crippen LogP contribution is 2.28. The van der Waals surface area contributed by atoms with Crippen molar-refractivity contribution in [2.75, 3.05) is 11.4 Å². The van der Waals surface area contributed by atoms with Crippen LogP contribution in [0.15, 0.2) is 34.9 Å². The summed E-state index contributed by atoms with van der Waals surface area (Å²) in [5.74, 6) is 0.0290. The van der Waals surface area contributed by atoms with E-state index >= 15 is 0 Å². The van der Waals surface area contributed by atoms with Crippen LogP contribution < -0.4 is 10.4 Å². The van der Waals surface area contributed by atoms with Crippen LogP contribution in [-0.4, -0.2) is 28.9 Å². The predicted octanol–water partition coefficient (Wildman–Crippen LogP) is 4.26. The molecule has 2 aromatic rings. The van der Waals surface area contributed by atoms with E-state index in [1.165, 1.54) is 43.4 Å². The topological polar surface area (TPSA) is 78.6 Å². The molecule has 1 fully saturated rings. The fourth-order valence-electron chi connectivity index (χ4n) is 3.90. The molecule has 1 amide bonds. The standard InChI is InChI=1S/C21H29N3O3/c1-16-8-7-11-18(14-16)24(17-9-3-2-4-10-17)13-6-5-12-19-15-20(23-27-19)21(25)22-26/h7-8,11,14-15,17,26H,2-6,9-10,12-13H2,1H3,(H,22,25). The lowest BCUT2D eigenvalue weighted by molar-refractivity contribution is 0.0696. The molecule has 27 heavy (non-hydrogen) atoms. The maximum Gasteiger partial charge on any atom is 0.296 e. The third-order valence-corrected chi connectivity index (χ3v) is 5.31. The van der Waals surface area contributed by atoms with Gasteiger partial charge >= 0.3 is 0 Å². The highest BCUT2D eigenvalue weighted by atomic mass is 16.5. The van der Waals surface area contributed by atoms with Gasteiger partial charge in [0.05, 0.1) is 0 Å². The van der Waals surface area contributed by atoms with Gasteiger partial charge < -0.3 is 9.42 Å². The van der Waals surface area contributed by atoms with Gasteiger partial charge in [-0.25, -0.2) is 5.48 Å². The molecule has 1 saturated carbocycles. The van der Waals surface area contributed by atoms with Crippen molar-refractivity contribution in [3.05, 3.63) is 47.3 Å². The second-order valence-corrected chi connectivity index (χ2v) is 7.40. The van der Waals surface area contributed by atoms with E-state index in [2.05, 4.69) is 41.2 Å². The van der Waals surface area contributed by atoms with Crippen molar-refractivity contribution in [3.8, 4) is 0 Å². The minimum Gasteiger partial charge on any atom is -0.369 e. The number of carbonyl (C=O) groups is 1. The first-order valence-corrected chi connectivity index (χ1v) is 9.90. The van der Waals surface area contributed by atoms with Crippen LogP contribution in [0.3, 0.4) is 0 Å². The van der Waals surface area contributed by atoms with Gasteiger partial charge in [-0.1, -0.05) is 36.6 Å². The van der Waals surface area contributed by atoms with Crippen molar-refractivity contribution < 1.29 is 14.5 Å². The molecule has 6 nitrogen and oxygen atoms in total. The Balaban J connectivity index is 1.56. The molecule has 0 atom stereocenters. The molecule has 0 aliphatic heterocycles. The molecular weight excluding hydrogens is 342 g/mol. The van der Waals surface area contributed by atoms with Crippen molar-refractivity contribution >= 4 is 11.6 Å². The number of carbonyl (C=O) groups excluding carboxylic acids is 1. The summed E-state index contributed by atoms with van der Waals surface area (Å²) in [5, 5.41) is 12.3. The lowest BCUT2D eigenvalue weighted by Gasteiger charge is -2.36. The van der Waals surface area contributed by atoms with Gasteiger partial charge in [-0.2, -0.15) is 0 Å². The molecule has 0 bridgehead atoms. The number of hydrogen-bond donors (Lipinski definition) is 2. The SMILES string of the molecule is Cc1cccc(N(CCCCc2cc(C(=O)NO)no2)C2CCCCC2)c1. The first-order chi connectivity index (χ1) is 13.2. The average molecular weight is 371 g/mol. The zero-order valence-corrected chi connectivity index (χ0v) is 16.0. The molecule has 0 unspecified atom stereocenters. The average Bonchev–Trinajstić information content (AvgIpc) is 3.17. The molecule has 1 aliphatic carbocycles. The third-order valence-electron chi connectivity index (χ3n) is 5.31. The van der Waals surface area contributed by atoms with Crippen molar-refractivity contribution in [2.24, 2.45) is 0 Å². The minimum atomic E-state index is -0.645. The van der Waals surface area contributed by atoms with E-state index in [0.717, 1.165) is 25.8 Å². The number of aromatic nitrogens is 1. The molecule has 0 spiro atoms. The molecule has 1 aliphatic rings. The number of amides is 1. The monoisotopic (exact) mass is 371 g/mol. The molecule has 3 rings (SSSR count). The number of nitrogens with one attached hydrogen (secondary N) is 1. The van der Waals surface area contributed by atoms with E-state index < -0.39 is 5.91 Å². The Hall–Kier alpha value is -2.34. The summed E-state index contributed by atoms with van der Waals surface area (Å²) >= 11 is 0. The highest BCUT2D eigenvalue weighted by molar-refractivity contribution is 5.91. The fourth-order valence-corrected chi connectivity index (χ4v) is 3.90. The molecule has 0 saturated heterocycles. The smallest absolute Gasteiger partial charge is 0.296 e. The largest absolute Gasteiger partial charge is 0.369 e.